The number of carbonyl (C=O) groups excluding carboxylic acids is 3. The zero-order valence-corrected chi connectivity index (χ0v) is 13.4. The smallest absolute Gasteiger partial charge is 0.338 e. The zero-order chi connectivity index (χ0) is 19.0. The van der Waals surface area contributed by atoms with Crippen LogP contribution in [0.4, 0.5) is 5.69 Å². The number of esters is 1. The molecule has 0 saturated heterocycles. The molecule has 2 amide bonds. The SMILES string of the molecule is COC(=O)c1cc(CN2C(=O)c3ccccc3C2=O)c([O-])c([N+](=O)[O-])c1. The molecule has 0 aromatic heterocycles. The van der Waals surface area contributed by atoms with Crippen LogP contribution in [0.25, 0.3) is 0 Å². The molecule has 0 N–H and O–H groups in total. The van der Waals surface area contributed by atoms with Crippen molar-refractivity contribution >= 4 is 23.5 Å². The van der Waals surface area contributed by atoms with Gasteiger partial charge in [-0.05, 0) is 29.5 Å². The molecule has 2 aromatic rings. The van der Waals surface area contributed by atoms with Crippen LogP contribution in [0.3, 0.4) is 0 Å². The van der Waals surface area contributed by atoms with Crippen LogP contribution in [0.1, 0.15) is 36.6 Å². The van der Waals surface area contributed by atoms with E-state index in [1.165, 1.54) is 12.1 Å². The number of amides is 2. The van der Waals surface area contributed by atoms with Crippen molar-refractivity contribution in [2.24, 2.45) is 0 Å². The van der Waals surface area contributed by atoms with Crippen molar-refractivity contribution in [2.45, 2.75) is 6.54 Å². The lowest BCUT2D eigenvalue weighted by Gasteiger charge is -2.20. The summed E-state index contributed by atoms with van der Waals surface area (Å²) in [6, 6.07) is 8.03. The van der Waals surface area contributed by atoms with E-state index >= 15 is 0 Å². The standard InChI is InChI=1S/C17H12N2O7/c1-26-17(23)9-6-10(14(20)13(7-9)19(24)25)8-18-15(21)11-4-2-3-5-12(11)16(18)22/h2-7,20H,8H2,1H3/p-1. The van der Waals surface area contributed by atoms with Crippen molar-refractivity contribution in [3.05, 3.63) is 68.8 Å². The molecule has 0 atom stereocenters. The molecule has 1 aliphatic heterocycles. The average molecular weight is 355 g/mol. The van der Waals surface area contributed by atoms with Crippen LogP contribution in [0, 0.1) is 10.1 Å². The number of nitro groups is 1. The first-order chi connectivity index (χ1) is 12.3. The summed E-state index contributed by atoms with van der Waals surface area (Å²) in [4.78, 5) is 47.5. The monoisotopic (exact) mass is 355 g/mol. The molecule has 0 fully saturated rings. The Morgan fingerprint density at radius 2 is 1.73 bits per heavy atom. The van der Waals surface area contributed by atoms with E-state index in [9.17, 15) is 29.6 Å². The molecule has 132 valence electrons. The van der Waals surface area contributed by atoms with E-state index in [4.69, 9.17) is 0 Å². The number of benzene rings is 2. The zero-order valence-electron chi connectivity index (χ0n) is 13.4. The number of imide groups is 1. The predicted molar refractivity (Wildman–Crippen MR) is 84.5 cm³/mol. The molecule has 0 saturated carbocycles. The van der Waals surface area contributed by atoms with Crippen molar-refractivity contribution in [1.29, 1.82) is 0 Å². The Balaban J connectivity index is 2.04. The fourth-order valence-electron chi connectivity index (χ4n) is 2.71. The summed E-state index contributed by atoms with van der Waals surface area (Å²) < 4.78 is 4.52. The molecule has 0 spiro atoms. The molecule has 1 heterocycles. The van der Waals surface area contributed by atoms with Gasteiger partial charge in [-0.25, -0.2) is 4.79 Å². The number of ether oxygens (including phenoxy) is 1. The minimum absolute atomic E-state index is 0.184. The summed E-state index contributed by atoms with van der Waals surface area (Å²) in [7, 11) is 1.09. The Morgan fingerprint density at radius 3 is 2.23 bits per heavy atom. The van der Waals surface area contributed by atoms with E-state index in [1.54, 1.807) is 12.1 Å². The summed E-state index contributed by atoms with van der Waals surface area (Å²) in [5.74, 6) is -3.08. The normalized spacial score (nSPS) is 12.9. The number of rotatable bonds is 4. The molecule has 9 heteroatoms. The van der Waals surface area contributed by atoms with Gasteiger partial charge in [0.05, 0.1) is 35.3 Å². The minimum atomic E-state index is -0.973. The van der Waals surface area contributed by atoms with Crippen LogP contribution in [0.15, 0.2) is 36.4 Å². The number of fused-ring (bicyclic) bond motifs is 1. The van der Waals surface area contributed by atoms with Crippen LogP contribution in [-0.4, -0.2) is 34.7 Å². The van der Waals surface area contributed by atoms with Gasteiger partial charge in [0.15, 0.2) is 0 Å². The van der Waals surface area contributed by atoms with Gasteiger partial charge in [-0.3, -0.25) is 24.6 Å². The first kappa shape index (κ1) is 17.1. The molecular weight excluding hydrogens is 344 g/mol. The van der Waals surface area contributed by atoms with E-state index in [1.807, 2.05) is 0 Å². The molecule has 9 nitrogen and oxygen atoms in total. The first-order valence-corrected chi connectivity index (χ1v) is 7.37. The van der Waals surface area contributed by atoms with E-state index < -0.39 is 40.7 Å². The number of hydrogen-bond acceptors (Lipinski definition) is 7. The van der Waals surface area contributed by atoms with Gasteiger partial charge in [-0.1, -0.05) is 12.1 Å². The third-order valence-electron chi connectivity index (χ3n) is 3.97. The van der Waals surface area contributed by atoms with Crippen molar-refractivity contribution in [3.63, 3.8) is 0 Å². The molecule has 3 rings (SSSR count). The Morgan fingerprint density at radius 1 is 1.15 bits per heavy atom. The largest absolute Gasteiger partial charge is 0.868 e. The highest BCUT2D eigenvalue weighted by molar-refractivity contribution is 6.21. The second-order valence-corrected chi connectivity index (χ2v) is 5.47. The van der Waals surface area contributed by atoms with Gasteiger partial charge in [0, 0.05) is 6.07 Å². The minimum Gasteiger partial charge on any atom is -0.868 e. The number of nitrogens with zero attached hydrogens (tertiary/aromatic N) is 2. The lowest BCUT2D eigenvalue weighted by Crippen LogP contribution is -2.29. The predicted octanol–water partition coefficient (Wildman–Crippen LogP) is 1.25. The number of methoxy groups -OCH3 is 1. The van der Waals surface area contributed by atoms with E-state index in [0.29, 0.717) is 0 Å². The highest BCUT2D eigenvalue weighted by Crippen LogP contribution is 2.32. The maximum absolute atomic E-state index is 12.4. The fourth-order valence-corrected chi connectivity index (χ4v) is 2.71. The van der Waals surface area contributed by atoms with Gasteiger partial charge < -0.3 is 9.84 Å². The fraction of sp³-hybridized carbons (Fsp3) is 0.118. The maximum Gasteiger partial charge on any atom is 0.338 e. The van der Waals surface area contributed by atoms with E-state index in [0.717, 1.165) is 24.1 Å². The van der Waals surface area contributed by atoms with Gasteiger partial charge in [0.2, 0.25) is 0 Å². The molecule has 0 bridgehead atoms. The second kappa shape index (κ2) is 6.28. The number of hydrogen-bond donors (Lipinski definition) is 0. The Bertz CT molecular complexity index is 933. The molecular formula is C17H11N2O7-. The molecule has 2 aromatic carbocycles. The van der Waals surface area contributed by atoms with Crippen LogP contribution < -0.4 is 5.11 Å². The topological polar surface area (TPSA) is 130 Å². The van der Waals surface area contributed by atoms with Crippen molar-refractivity contribution in [1.82, 2.24) is 4.90 Å². The van der Waals surface area contributed by atoms with Crippen LogP contribution in [0.5, 0.6) is 5.75 Å². The Hall–Kier alpha value is -3.75. The van der Waals surface area contributed by atoms with Gasteiger partial charge in [-0.15, -0.1) is 0 Å². The van der Waals surface area contributed by atoms with Crippen LogP contribution in [-0.2, 0) is 11.3 Å². The lowest BCUT2D eigenvalue weighted by atomic mass is 10.1. The van der Waals surface area contributed by atoms with E-state index in [2.05, 4.69) is 4.74 Å². The Kier molecular flexibility index (Phi) is 4.13. The summed E-state index contributed by atoms with van der Waals surface area (Å²) in [5.41, 5.74) is -0.911. The summed E-state index contributed by atoms with van der Waals surface area (Å²) in [6.45, 7) is -0.489. The van der Waals surface area contributed by atoms with Gasteiger partial charge in [-0.2, -0.15) is 0 Å². The quantitative estimate of drug-likeness (QED) is 0.349. The first-order valence-electron chi connectivity index (χ1n) is 7.37. The highest BCUT2D eigenvalue weighted by atomic mass is 16.6. The summed E-state index contributed by atoms with van der Waals surface area (Å²) in [6.07, 6.45) is 0. The van der Waals surface area contributed by atoms with Crippen LogP contribution in [0.2, 0.25) is 0 Å². The number of nitro benzene ring substituents is 1. The highest BCUT2D eigenvalue weighted by Gasteiger charge is 2.35. The maximum atomic E-state index is 12.4. The lowest BCUT2D eigenvalue weighted by molar-refractivity contribution is -0.398. The van der Waals surface area contributed by atoms with Crippen LogP contribution >= 0.6 is 0 Å². The third-order valence-corrected chi connectivity index (χ3v) is 3.97. The summed E-state index contributed by atoms with van der Waals surface area (Å²) in [5, 5.41) is 23.4. The Labute approximate surface area is 146 Å². The average Bonchev–Trinajstić information content (AvgIpc) is 2.87. The molecule has 0 aliphatic carbocycles. The molecule has 26 heavy (non-hydrogen) atoms. The summed E-state index contributed by atoms with van der Waals surface area (Å²) >= 11 is 0. The van der Waals surface area contributed by atoms with Gasteiger partial charge >= 0.3 is 5.97 Å². The molecule has 0 unspecified atom stereocenters. The molecule has 1 aliphatic rings. The van der Waals surface area contributed by atoms with E-state index in [-0.39, 0.29) is 22.3 Å². The van der Waals surface area contributed by atoms with Crippen molar-refractivity contribution < 1.29 is 29.2 Å². The van der Waals surface area contributed by atoms with Crippen molar-refractivity contribution in [3.8, 4) is 5.75 Å². The third kappa shape index (κ3) is 2.65. The van der Waals surface area contributed by atoms with Gasteiger partial charge in [0.1, 0.15) is 0 Å². The number of carbonyl (C=O) groups is 3. The van der Waals surface area contributed by atoms with Crippen molar-refractivity contribution in [2.75, 3.05) is 7.11 Å². The second-order valence-electron chi connectivity index (χ2n) is 5.47. The van der Waals surface area contributed by atoms with Gasteiger partial charge in [0.25, 0.3) is 17.5 Å². The molecule has 0 radical (unpaired) electrons.